The predicted molar refractivity (Wildman–Crippen MR) is 102 cm³/mol. The fourth-order valence-electron chi connectivity index (χ4n) is 3.18. The van der Waals surface area contributed by atoms with Gasteiger partial charge in [0.05, 0.1) is 0 Å². The third-order valence-corrected chi connectivity index (χ3v) is 4.81. The molecule has 154 valence electrons. The van der Waals surface area contributed by atoms with Gasteiger partial charge in [0.2, 0.25) is 5.91 Å². The van der Waals surface area contributed by atoms with Gasteiger partial charge in [-0.25, -0.2) is 13.2 Å². The highest BCUT2D eigenvalue weighted by Gasteiger charge is 2.21. The second-order valence-corrected chi connectivity index (χ2v) is 6.86. The fraction of sp³-hybridized carbons (Fsp3) is 0.333. The second-order valence-electron chi connectivity index (χ2n) is 6.86. The third kappa shape index (κ3) is 5.57. The summed E-state index contributed by atoms with van der Waals surface area (Å²) >= 11 is 0. The van der Waals surface area contributed by atoms with Gasteiger partial charge in [-0.1, -0.05) is 12.1 Å². The lowest BCUT2D eigenvalue weighted by molar-refractivity contribution is -0.132. The molecule has 0 saturated carbocycles. The fourth-order valence-corrected chi connectivity index (χ4v) is 3.18. The number of carbonyl (C=O) groups excluding carboxylic acids is 2. The quantitative estimate of drug-likeness (QED) is 0.804. The third-order valence-electron chi connectivity index (χ3n) is 4.81. The molecule has 0 radical (unpaired) electrons. The zero-order chi connectivity index (χ0) is 20.8. The standard InChI is InChI=1S/C21H22F3N3O2/c22-17-4-1-15(2-5-17)14-27(10-7-20(28)26-11-8-25-9-12-26)21(29)16-3-6-18(23)19(24)13-16/h1-6,13,25H,7-12,14H2. The van der Waals surface area contributed by atoms with Crippen LogP contribution < -0.4 is 5.32 Å². The Labute approximate surface area is 167 Å². The molecule has 0 aromatic heterocycles. The number of carbonyl (C=O) groups is 2. The minimum atomic E-state index is -1.12. The van der Waals surface area contributed by atoms with Crippen molar-refractivity contribution in [2.45, 2.75) is 13.0 Å². The average molecular weight is 405 g/mol. The van der Waals surface area contributed by atoms with E-state index in [9.17, 15) is 22.8 Å². The summed E-state index contributed by atoms with van der Waals surface area (Å²) in [7, 11) is 0. The number of hydrogen-bond donors (Lipinski definition) is 1. The molecule has 2 aromatic rings. The molecule has 1 aliphatic rings. The Kier molecular flexibility index (Phi) is 6.87. The number of halogens is 3. The van der Waals surface area contributed by atoms with Crippen molar-refractivity contribution in [2.24, 2.45) is 0 Å². The monoisotopic (exact) mass is 405 g/mol. The first-order valence-electron chi connectivity index (χ1n) is 9.41. The topological polar surface area (TPSA) is 52.7 Å². The molecule has 2 aromatic carbocycles. The van der Waals surface area contributed by atoms with Crippen LogP contribution in [-0.4, -0.2) is 54.3 Å². The molecule has 2 amide bonds. The van der Waals surface area contributed by atoms with Gasteiger partial charge in [0.15, 0.2) is 11.6 Å². The normalized spacial score (nSPS) is 14.0. The molecule has 1 N–H and O–H groups in total. The van der Waals surface area contributed by atoms with E-state index in [0.717, 1.165) is 25.2 Å². The number of nitrogens with zero attached hydrogens (tertiary/aromatic N) is 2. The first-order chi connectivity index (χ1) is 13.9. The smallest absolute Gasteiger partial charge is 0.254 e. The average Bonchev–Trinajstić information content (AvgIpc) is 2.74. The van der Waals surface area contributed by atoms with Crippen LogP contribution >= 0.6 is 0 Å². The van der Waals surface area contributed by atoms with Gasteiger partial charge in [-0.15, -0.1) is 0 Å². The van der Waals surface area contributed by atoms with Gasteiger partial charge in [0.25, 0.3) is 5.91 Å². The van der Waals surface area contributed by atoms with Gasteiger partial charge in [0, 0.05) is 51.3 Å². The molecule has 1 fully saturated rings. The first kappa shape index (κ1) is 20.9. The molecule has 0 spiro atoms. The van der Waals surface area contributed by atoms with Crippen LogP contribution in [0, 0.1) is 17.5 Å². The number of amides is 2. The minimum absolute atomic E-state index is 0.0133. The lowest BCUT2D eigenvalue weighted by atomic mass is 10.1. The van der Waals surface area contributed by atoms with E-state index >= 15 is 0 Å². The highest BCUT2D eigenvalue weighted by atomic mass is 19.2. The summed E-state index contributed by atoms with van der Waals surface area (Å²) in [4.78, 5) is 28.5. The van der Waals surface area contributed by atoms with Gasteiger partial charge in [-0.05, 0) is 35.9 Å². The second kappa shape index (κ2) is 9.56. The van der Waals surface area contributed by atoms with Crippen LogP contribution in [0.1, 0.15) is 22.3 Å². The van der Waals surface area contributed by atoms with Crippen LogP contribution in [0.3, 0.4) is 0 Å². The molecule has 29 heavy (non-hydrogen) atoms. The number of benzene rings is 2. The van der Waals surface area contributed by atoms with Crippen LogP contribution in [0.4, 0.5) is 13.2 Å². The molecule has 1 heterocycles. The van der Waals surface area contributed by atoms with Crippen molar-refractivity contribution in [3.05, 3.63) is 71.0 Å². The molecular formula is C21H22F3N3O2. The number of rotatable bonds is 6. The van der Waals surface area contributed by atoms with E-state index in [-0.39, 0.29) is 31.0 Å². The maximum Gasteiger partial charge on any atom is 0.254 e. The van der Waals surface area contributed by atoms with E-state index in [1.165, 1.54) is 23.1 Å². The van der Waals surface area contributed by atoms with E-state index < -0.39 is 23.4 Å². The maximum absolute atomic E-state index is 13.6. The summed E-state index contributed by atoms with van der Waals surface area (Å²) in [5, 5.41) is 3.17. The van der Waals surface area contributed by atoms with Crippen molar-refractivity contribution in [3.63, 3.8) is 0 Å². The maximum atomic E-state index is 13.6. The van der Waals surface area contributed by atoms with Gasteiger partial charge < -0.3 is 15.1 Å². The van der Waals surface area contributed by atoms with Crippen molar-refractivity contribution >= 4 is 11.8 Å². The first-order valence-corrected chi connectivity index (χ1v) is 9.41. The van der Waals surface area contributed by atoms with Gasteiger partial charge in [-0.3, -0.25) is 9.59 Å². The summed E-state index contributed by atoms with van der Waals surface area (Å²) in [6, 6.07) is 8.58. The van der Waals surface area contributed by atoms with E-state index in [1.54, 1.807) is 17.0 Å². The van der Waals surface area contributed by atoms with Crippen molar-refractivity contribution in [2.75, 3.05) is 32.7 Å². The van der Waals surface area contributed by atoms with E-state index in [4.69, 9.17) is 0 Å². The number of nitrogens with one attached hydrogen (secondary N) is 1. The highest BCUT2D eigenvalue weighted by Crippen LogP contribution is 2.15. The summed E-state index contributed by atoms with van der Waals surface area (Å²) in [5.41, 5.74) is 0.651. The zero-order valence-corrected chi connectivity index (χ0v) is 15.8. The van der Waals surface area contributed by atoms with Crippen LogP contribution in [0.2, 0.25) is 0 Å². The largest absolute Gasteiger partial charge is 0.340 e. The molecule has 1 saturated heterocycles. The summed E-state index contributed by atoms with van der Waals surface area (Å²) in [5.74, 6) is -3.16. The van der Waals surface area contributed by atoms with Crippen LogP contribution in [0.15, 0.2) is 42.5 Å². The van der Waals surface area contributed by atoms with E-state index in [0.29, 0.717) is 18.7 Å². The van der Waals surface area contributed by atoms with Gasteiger partial charge in [0.1, 0.15) is 5.82 Å². The molecule has 3 rings (SSSR count). The SMILES string of the molecule is O=C(CCN(Cc1ccc(F)cc1)C(=O)c1ccc(F)c(F)c1)N1CCNCC1. The number of piperazine rings is 1. The summed E-state index contributed by atoms with van der Waals surface area (Å²) in [6.07, 6.45) is 0.108. The van der Waals surface area contributed by atoms with Crippen LogP contribution in [0.5, 0.6) is 0 Å². The molecule has 5 nitrogen and oxygen atoms in total. The zero-order valence-electron chi connectivity index (χ0n) is 15.8. The van der Waals surface area contributed by atoms with Crippen molar-refractivity contribution in [1.29, 1.82) is 0 Å². The molecule has 0 bridgehead atoms. The molecule has 0 unspecified atom stereocenters. The molecule has 8 heteroatoms. The molecular weight excluding hydrogens is 383 g/mol. The molecule has 1 aliphatic heterocycles. The Hall–Kier alpha value is -2.87. The van der Waals surface area contributed by atoms with Crippen LogP contribution in [-0.2, 0) is 11.3 Å². The van der Waals surface area contributed by atoms with Gasteiger partial charge in [-0.2, -0.15) is 0 Å². The summed E-state index contributed by atoms with van der Waals surface area (Å²) < 4.78 is 40.0. The van der Waals surface area contributed by atoms with E-state index in [1.807, 2.05) is 0 Å². The highest BCUT2D eigenvalue weighted by molar-refractivity contribution is 5.94. The Morgan fingerprint density at radius 3 is 2.31 bits per heavy atom. The van der Waals surface area contributed by atoms with Gasteiger partial charge >= 0.3 is 0 Å². The molecule has 0 atom stereocenters. The number of hydrogen-bond acceptors (Lipinski definition) is 3. The van der Waals surface area contributed by atoms with Crippen molar-refractivity contribution in [3.8, 4) is 0 Å². The van der Waals surface area contributed by atoms with Crippen molar-refractivity contribution in [1.82, 2.24) is 15.1 Å². The summed E-state index contributed by atoms with van der Waals surface area (Å²) in [6.45, 7) is 2.88. The lowest BCUT2D eigenvalue weighted by Gasteiger charge is -2.29. The Morgan fingerprint density at radius 1 is 0.966 bits per heavy atom. The Morgan fingerprint density at radius 2 is 1.66 bits per heavy atom. The van der Waals surface area contributed by atoms with Crippen molar-refractivity contribution < 1.29 is 22.8 Å². The van der Waals surface area contributed by atoms with E-state index in [2.05, 4.69) is 5.32 Å². The minimum Gasteiger partial charge on any atom is -0.340 e. The Balaban J connectivity index is 1.74. The predicted octanol–water partition coefficient (Wildman–Crippen LogP) is 2.57. The van der Waals surface area contributed by atoms with Crippen LogP contribution in [0.25, 0.3) is 0 Å². The Bertz CT molecular complexity index is 868. The lowest BCUT2D eigenvalue weighted by Crippen LogP contribution is -2.47. The molecule has 0 aliphatic carbocycles.